The van der Waals surface area contributed by atoms with E-state index in [4.69, 9.17) is 23.4 Å². The number of allylic oxidation sites excluding steroid dienone is 1. The van der Waals surface area contributed by atoms with Crippen LogP contribution in [0.5, 0.6) is 5.75 Å². The van der Waals surface area contributed by atoms with E-state index >= 15 is 0 Å². The SMILES string of the molecule is COCC(CCO)c1c(CO)c2ccc3c(c2oc1=O)C1OC(=O)CC(CCc2cccc(Cc4ccccc4)c2)Cc2ccc(cc2)CCC(=C(C)C)C(=O)OC1C(C)(C1CCCCC1)O3. The van der Waals surface area contributed by atoms with Crippen LogP contribution in [0.2, 0.25) is 0 Å². The topological polar surface area (TPSA) is 142 Å². The average molecular weight is 911 g/mol. The molecule has 354 valence electrons. The van der Waals surface area contributed by atoms with Crippen LogP contribution in [0.4, 0.5) is 0 Å². The number of hydrogen-bond acceptors (Lipinski definition) is 10. The molecule has 10 heteroatoms. The minimum absolute atomic E-state index is 0.0520. The zero-order chi connectivity index (χ0) is 47.1. The highest BCUT2D eigenvalue weighted by molar-refractivity contribution is 5.90. The Hall–Kier alpha value is -5.55. The van der Waals surface area contributed by atoms with E-state index in [9.17, 15) is 24.6 Å². The highest BCUT2D eigenvalue weighted by Crippen LogP contribution is 2.52. The van der Waals surface area contributed by atoms with Gasteiger partial charge < -0.3 is 33.6 Å². The minimum Gasteiger partial charge on any atom is -0.483 e. The second kappa shape index (κ2) is 21.6. The van der Waals surface area contributed by atoms with E-state index in [1.165, 1.54) is 23.8 Å². The molecule has 0 spiro atoms. The number of esters is 2. The molecule has 1 saturated carbocycles. The fourth-order valence-corrected chi connectivity index (χ4v) is 11.0. The van der Waals surface area contributed by atoms with Gasteiger partial charge in [-0.05, 0) is 130 Å². The summed E-state index contributed by atoms with van der Waals surface area (Å²) < 4.78 is 32.4. The Balaban J connectivity index is 1.24. The number of carbonyl (C=O) groups excluding carboxylic acids is 2. The quantitative estimate of drug-likeness (QED) is 0.0706. The second-order valence-electron chi connectivity index (χ2n) is 19.4. The smallest absolute Gasteiger partial charge is 0.340 e. The van der Waals surface area contributed by atoms with Crippen molar-refractivity contribution >= 4 is 22.9 Å². The summed E-state index contributed by atoms with van der Waals surface area (Å²) in [4.78, 5) is 43.9. The van der Waals surface area contributed by atoms with Gasteiger partial charge in [-0.15, -0.1) is 0 Å². The molecule has 5 unspecified atom stereocenters. The Bertz CT molecular complexity index is 2600. The molecule has 4 aromatic carbocycles. The fraction of sp³-hybridized carbons (Fsp3) is 0.456. The lowest BCUT2D eigenvalue weighted by molar-refractivity contribution is -0.201. The van der Waals surface area contributed by atoms with Crippen LogP contribution in [0.15, 0.2) is 111 Å². The molecule has 9 rings (SSSR count). The van der Waals surface area contributed by atoms with Gasteiger partial charge in [-0.2, -0.15) is 0 Å². The maximum Gasteiger partial charge on any atom is 0.340 e. The Morgan fingerprint density at radius 3 is 2.27 bits per heavy atom. The zero-order valence-electron chi connectivity index (χ0n) is 39.5. The number of ether oxygens (including phenoxy) is 4. The highest BCUT2D eigenvalue weighted by atomic mass is 16.6. The first-order valence-corrected chi connectivity index (χ1v) is 24.3. The number of aryl methyl sites for hydroxylation is 2. The van der Waals surface area contributed by atoms with Crippen molar-refractivity contribution in [3.05, 3.63) is 157 Å². The Morgan fingerprint density at radius 1 is 0.821 bits per heavy atom. The standard InChI is InChI=1S/C57H66O10/c1-36(2)45-25-24-37-18-20-40(21-19-37)32-42(23-22-39-14-11-15-41(31-39)30-38-12-7-5-8-13-38)33-49(60)64-53-51-48(67-57(3,54(53)66-55(45)61)44-16-9-6-10-17-44)27-26-46-47(34-59)50(56(62)65-52(46)51)43(28-29-58)35-63-4/h5,7-8,11-15,18-21,26-27,31,42-44,53-54,58-59H,6,9-10,16-17,22-25,28-30,32-35H2,1-4H3. The van der Waals surface area contributed by atoms with Crippen molar-refractivity contribution < 1.29 is 43.2 Å². The number of benzene rings is 4. The van der Waals surface area contributed by atoms with Gasteiger partial charge in [-0.1, -0.05) is 104 Å². The molecular weight excluding hydrogens is 845 g/mol. The van der Waals surface area contributed by atoms with E-state index in [1.807, 2.05) is 26.8 Å². The number of aliphatic hydroxyl groups is 2. The molecule has 0 amide bonds. The molecule has 5 atom stereocenters. The molecule has 4 heterocycles. The lowest BCUT2D eigenvalue weighted by Gasteiger charge is -2.50. The summed E-state index contributed by atoms with van der Waals surface area (Å²) in [6, 6.07) is 31.1. The molecule has 1 aromatic heterocycles. The highest BCUT2D eigenvalue weighted by Gasteiger charge is 2.56. The Morgan fingerprint density at radius 2 is 1.55 bits per heavy atom. The third-order valence-corrected chi connectivity index (χ3v) is 14.6. The van der Waals surface area contributed by atoms with Gasteiger partial charge in [0.15, 0.2) is 12.2 Å². The molecule has 2 N–H and O–H groups in total. The van der Waals surface area contributed by atoms with Crippen LogP contribution in [0.25, 0.3) is 11.0 Å². The van der Waals surface area contributed by atoms with Crippen LogP contribution in [-0.4, -0.2) is 54.2 Å². The van der Waals surface area contributed by atoms with Crippen LogP contribution < -0.4 is 10.4 Å². The summed E-state index contributed by atoms with van der Waals surface area (Å²) >= 11 is 0. The van der Waals surface area contributed by atoms with E-state index in [-0.39, 0.29) is 54.6 Å². The first-order valence-electron chi connectivity index (χ1n) is 24.3. The van der Waals surface area contributed by atoms with E-state index in [1.54, 1.807) is 12.1 Å². The third-order valence-electron chi connectivity index (χ3n) is 14.6. The number of hydrogen-bond donors (Lipinski definition) is 2. The lowest BCUT2D eigenvalue weighted by atomic mass is 9.71. The van der Waals surface area contributed by atoms with Gasteiger partial charge in [-0.3, -0.25) is 4.79 Å². The zero-order valence-corrected chi connectivity index (χ0v) is 39.5. The summed E-state index contributed by atoms with van der Waals surface area (Å²) in [7, 11) is 1.51. The van der Waals surface area contributed by atoms with Crippen molar-refractivity contribution in [1.29, 1.82) is 0 Å². The van der Waals surface area contributed by atoms with Gasteiger partial charge in [0.05, 0.1) is 18.8 Å². The first kappa shape index (κ1) is 47.9. The van der Waals surface area contributed by atoms with Crippen molar-refractivity contribution in [2.45, 2.75) is 135 Å². The molecule has 10 nitrogen and oxygen atoms in total. The predicted molar refractivity (Wildman–Crippen MR) is 258 cm³/mol. The van der Waals surface area contributed by atoms with Crippen LogP contribution >= 0.6 is 0 Å². The summed E-state index contributed by atoms with van der Waals surface area (Å²) in [6.07, 6.45) is 6.63. The summed E-state index contributed by atoms with van der Waals surface area (Å²) in [6.45, 7) is 5.19. The van der Waals surface area contributed by atoms with Gasteiger partial charge in [0.25, 0.3) is 0 Å². The Labute approximate surface area is 394 Å². The maximum atomic E-state index is 14.9. The summed E-state index contributed by atoms with van der Waals surface area (Å²) in [5, 5.41) is 21.4. The molecule has 0 radical (unpaired) electrons. The predicted octanol–water partition coefficient (Wildman–Crippen LogP) is 10.4. The number of carbonyl (C=O) groups is 2. The van der Waals surface area contributed by atoms with Gasteiger partial charge in [0.1, 0.15) is 16.9 Å². The molecule has 67 heavy (non-hydrogen) atoms. The van der Waals surface area contributed by atoms with Crippen molar-refractivity contribution in [1.82, 2.24) is 0 Å². The average Bonchev–Trinajstić information content (AvgIpc) is 3.32. The maximum absolute atomic E-state index is 14.9. The van der Waals surface area contributed by atoms with Crippen LogP contribution in [0.1, 0.15) is 135 Å². The second-order valence-corrected chi connectivity index (χ2v) is 19.4. The van der Waals surface area contributed by atoms with Crippen LogP contribution in [0.3, 0.4) is 0 Å². The van der Waals surface area contributed by atoms with Crippen molar-refractivity contribution in [3.63, 3.8) is 0 Å². The third kappa shape index (κ3) is 10.8. The van der Waals surface area contributed by atoms with E-state index in [0.717, 1.165) is 68.1 Å². The van der Waals surface area contributed by atoms with E-state index in [0.29, 0.717) is 41.5 Å². The largest absolute Gasteiger partial charge is 0.483 e. The van der Waals surface area contributed by atoms with E-state index in [2.05, 4.69) is 72.8 Å². The molecule has 1 aliphatic carbocycles. The lowest BCUT2D eigenvalue weighted by Crippen LogP contribution is -2.58. The van der Waals surface area contributed by atoms with Crippen LogP contribution in [0, 0.1) is 11.8 Å². The first-order chi connectivity index (χ1) is 32.5. The monoisotopic (exact) mass is 910 g/mol. The van der Waals surface area contributed by atoms with E-state index < -0.39 is 47.9 Å². The number of methoxy groups -OCH3 is 1. The summed E-state index contributed by atoms with van der Waals surface area (Å²) in [5.74, 6) is -1.34. The van der Waals surface area contributed by atoms with Gasteiger partial charge in [0, 0.05) is 48.5 Å². The number of aliphatic hydroxyl groups excluding tert-OH is 2. The molecular formula is C57H66O10. The number of fused-ring (bicyclic) bond motifs is 13. The molecule has 0 saturated heterocycles. The number of rotatable bonds is 12. The Kier molecular flexibility index (Phi) is 15.5. The van der Waals surface area contributed by atoms with Gasteiger partial charge in [-0.25, -0.2) is 9.59 Å². The van der Waals surface area contributed by atoms with Crippen molar-refractivity contribution in [2.24, 2.45) is 11.8 Å². The molecule has 3 aliphatic heterocycles. The van der Waals surface area contributed by atoms with Crippen molar-refractivity contribution in [2.75, 3.05) is 20.3 Å². The van der Waals surface area contributed by atoms with Crippen LogP contribution in [-0.2, 0) is 56.1 Å². The molecule has 5 aromatic rings. The van der Waals surface area contributed by atoms with Gasteiger partial charge in [0.2, 0.25) is 0 Å². The normalized spacial score (nSPS) is 22.1. The fourth-order valence-electron chi connectivity index (χ4n) is 11.0. The molecule has 2 bridgehead atoms. The molecule has 4 aliphatic rings. The minimum atomic E-state index is -1.23. The molecule has 1 fully saturated rings. The van der Waals surface area contributed by atoms with Crippen molar-refractivity contribution in [3.8, 4) is 5.75 Å². The van der Waals surface area contributed by atoms with Gasteiger partial charge >= 0.3 is 17.6 Å². The summed E-state index contributed by atoms with van der Waals surface area (Å²) in [5.41, 5.74) is 6.30.